The maximum absolute atomic E-state index is 10.4. The first-order valence-electron chi connectivity index (χ1n) is 4.38. The van der Waals surface area contributed by atoms with Crippen molar-refractivity contribution in [3.05, 3.63) is 5.82 Å². The Balaban J connectivity index is 2.65. The van der Waals surface area contributed by atoms with Crippen molar-refractivity contribution < 1.29 is 14.6 Å². The van der Waals surface area contributed by atoms with Crippen LogP contribution in [-0.2, 0) is 16.1 Å². The van der Waals surface area contributed by atoms with Gasteiger partial charge in [0.15, 0.2) is 5.16 Å². The molecule has 6 nitrogen and oxygen atoms in total. The van der Waals surface area contributed by atoms with Crippen LogP contribution in [0.25, 0.3) is 0 Å². The van der Waals surface area contributed by atoms with E-state index in [9.17, 15) is 4.79 Å². The Kier molecular flexibility index (Phi) is 4.57. The van der Waals surface area contributed by atoms with Gasteiger partial charge in [-0.05, 0) is 6.92 Å². The normalized spacial score (nSPS) is 10.5. The van der Waals surface area contributed by atoms with Crippen LogP contribution in [-0.4, -0.2) is 45.3 Å². The second-order valence-electron chi connectivity index (χ2n) is 2.86. The van der Waals surface area contributed by atoms with Gasteiger partial charge in [-0.3, -0.25) is 4.79 Å². The summed E-state index contributed by atoms with van der Waals surface area (Å²) in [6, 6.07) is 0. The molecule has 0 amide bonds. The molecule has 0 spiro atoms. The van der Waals surface area contributed by atoms with Crippen molar-refractivity contribution in [1.82, 2.24) is 14.8 Å². The number of hydrogen-bond acceptors (Lipinski definition) is 5. The molecule has 0 bridgehead atoms. The molecular weight excluding hydrogens is 218 g/mol. The summed E-state index contributed by atoms with van der Waals surface area (Å²) in [5.74, 6) is -0.107. The average molecular weight is 231 g/mol. The van der Waals surface area contributed by atoms with E-state index in [4.69, 9.17) is 9.84 Å². The first kappa shape index (κ1) is 12.0. The van der Waals surface area contributed by atoms with Crippen LogP contribution in [0.4, 0.5) is 0 Å². The molecule has 0 saturated carbocycles. The maximum atomic E-state index is 10.4. The molecule has 1 aromatic rings. The number of aliphatic carboxylic acids is 1. The highest BCUT2D eigenvalue weighted by Gasteiger charge is 2.10. The van der Waals surface area contributed by atoms with Gasteiger partial charge in [-0.15, -0.1) is 10.2 Å². The van der Waals surface area contributed by atoms with Crippen molar-refractivity contribution in [3.8, 4) is 0 Å². The van der Waals surface area contributed by atoms with Gasteiger partial charge in [-0.2, -0.15) is 0 Å². The molecule has 1 aromatic heterocycles. The molecule has 15 heavy (non-hydrogen) atoms. The third kappa shape index (κ3) is 3.52. The second kappa shape index (κ2) is 5.72. The van der Waals surface area contributed by atoms with Crippen LogP contribution in [0.5, 0.6) is 0 Å². The van der Waals surface area contributed by atoms with E-state index in [0.29, 0.717) is 18.3 Å². The summed E-state index contributed by atoms with van der Waals surface area (Å²) in [6.07, 6.45) is 0. The monoisotopic (exact) mass is 231 g/mol. The Labute approximate surface area is 91.6 Å². The molecule has 0 aliphatic carbocycles. The van der Waals surface area contributed by atoms with Crippen LogP contribution in [0.1, 0.15) is 5.82 Å². The third-order valence-electron chi connectivity index (χ3n) is 1.75. The van der Waals surface area contributed by atoms with Crippen molar-refractivity contribution in [2.24, 2.45) is 0 Å². The molecule has 1 rings (SSSR count). The molecule has 0 radical (unpaired) electrons. The van der Waals surface area contributed by atoms with E-state index >= 15 is 0 Å². The van der Waals surface area contributed by atoms with Crippen LogP contribution in [0.15, 0.2) is 5.16 Å². The molecule has 0 atom stereocenters. The molecule has 0 aliphatic rings. The molecule has 84 valence electrons. The minimum atomic E-state index is -0.862. The Bertz CT molecular complexity index is 340. The number of carbonyl (C=O) groups is 1. The van der Waals surface area contributed by atoms with Crippen LogP contribution in [0.3, 0.4) is 0 Å². The van der Waals surface area contributed by atoms with Gasteiger partial charge < -0.3 is 14.4 Å². The number of rotatable bonds is 6. The van der Waals surface area contributed by atoms with E-state index in [1.54, 1.807) is 7.11 Å². The van der Waals surface area contributed by atoms with Crippen LogP contribution >= 0.6 is 11.8 Å². The first-order chi connectivity index (χ1) is 7.15. The Hall–Kier alpha value is -1.08. The van der Waals surface area contributed by atoms with Gasteiger partial charge in [-0.25, -0.2) is 0 Å². The van der Waals surface area contributed by atoms with Crippen molar-refractivity contribution in [3.63, 3.8) is 0 Å². The summed E-state index contributed by atoms with van der Waals surface area (Å²) in [5.41, 5.74) is 0. The lowest BCUT2D eigenvalue weighted by Crippen LogP contribution is -2.08. The standard InChI is InChI=1S/C8H13N3O3S/c1-6-9-10-8(15-5-7(12)13)11(6)3-4-14-2/h3-5H2,1-2H3,(H,12,13). The first-order valence-corrected chi connectivity index (χ1v) is 5.37. The number of nitrogens with zero attached hydrogens (tertiary/aromatic N) is 3. The molecule has 0 saturated heterocycles. The number of carboxylic acid groups (broad SMARTS) is 1. The maximum Gasteiger partial charge on any atom is 0.313 e. The summed E-state index contributed by atoms with van der Waals surface area (Å²) in [7, 11) is 1.61. The lowest BCUT2D eigenvalue weighted by Gasteiger charge is -2.06. The molecular formula is C8H13N3O3S. The second-order valence-corrected chi connectivity index (χ2v) is 3.80. The molecule has 0 unspecified atom stereocenters. The van der Waals surface area contributed by atoms with Crippen molar-refractivity contribution in [1.29, 1.82) is 0 Å². The molecule has 0 aliphatic heterocycles. The van der Waals surface area contributed by atoms with E-state index in [-0.39, 0.29) is 5.75 Å². The number of hydrogen-bond donors (Lipinski definition) is 1. The molecule has 1 N–H and O–H groups in total. The van der Waals surface area contributed by atoms with Gasteiger partial charge in [-0.1, -0.05) is 11.8 Å². The van der Waals surface area contributed by atoms with Gasteiger partial charge in [0.05, 0.1) is 12.4 Å². The fourth-order valence-electron chi connectivity index (χ4n) is 1.03. The number of methoxy groups -OCH3 is 1. The smallest absolute Gasteiger partial charge is 0.313 e. The van der Waals surface area contributed by atoms with Gasteiger partial charge in [0.2, 0.25) is 0 Å². The van der Waals surface area contributed by atoms with E-state index < -0.39 is 5.97 Å². The van der Waals surface area contributed by atoms with E-state index in [0.717, 1.165) is 17.6 Å². The zero-order chi connectivity index (χ0) is 11.3. The van der Waals surface area contributed by atoms with E-state index in [1.807, 2.05) is 11.5 Å². The Morgan fingerprint density at radius 3 is 2.93 bits per heavy atom. The number of aryl methyl sites for hydroxylation is 1. The minimum Gasteiger partial charge on any atom is -0.481 e. The Morgan fingerprint density at radius 1 is 1.60 bits per heavy atom. The largest absolute Gasteiger partial charge is 0.481 e. The van der Waals surface area contributed by atoms with Gasteiger partial charge in [0.1, 0.15) is 5.82 Å². The summed E-state index contributed by atoms with van der Waals surface area (Å²) in [6.45, 7) is 3.02. The fourth-order valence-corrected chi connectivity index (χ4v) is 1.76. The van der Waals surface area contributed by atoms with Gasteiger partial charge >= 0.3 is 5.97 Å². The Morgan fingerprint density at radius 2 is 2.33 bits per heavy atom. The molecule has 0 aromatic carbocycles. The number of aromatic nitrogens is 3. The lowest BCUT2D eigenvalue weighted by atomic mass is 10.6. The number of thioether (sulfide) groups is 1. The predicted molar refractivity (Wildman–Crippen MR) is 55.0 cm³/mol. The fraction of sp³-hybridized carbons (Fsp3) is 0.625. The topological polar surface area (TPSA) is 77.2 Å². The summed E-state index contributed by atoms with van der Waals surface area (Å²) >= 11 is 1.16. The lowest BCUT2D eigenvalue weighted by molar-refractivity contribution is -0.133. The SMILES string of the molecule is COCCn1c(C)nnc1SCC(=O)O. The van der Waals surface area contributed by atoms with Crippen molar-refractivity contribution >= 4 is 17.7 Å². The van der Waals surface area contributed by atoms with Crippen LogP contribution < -0.4 is 0 Å². The van der Waals surface area contributed by atoms with Crippen LogP contribution in [0, 0.1) is 6.92 Å². The highest BCUT2D eigenvalue weighted by atomic mass is 32.2. The van der Waals surface area contributed by atoms with E-state index in [1.165, 1.54) is 0 Å². The number of carboxylic acids is 1. The zero-order valence-corrected chi connectivity index (χ0v) is 9.45. The van der Waals surface area contributed by atoms with Crippen molar-refractivity contribution in [2.75, 3.05) is 19.5 Å². The third-order valence-corrected chi connectivity index (χ3v) is 2.70. The van der Waals surface area contributed by atoms with Gasteiger partial charge in [0.25, 0.3) is 0 Å². The summed E-state index contributed by atoms with van der Waals surface area (Å²) < 4.78 is 6.79. The molecule has 0 fully saturated rings. The van der Waals surface area contributed by atoms with Crippen molar-refractivity contribution in [2.45, 2.75) is 18.6 Å². The summed E-state index contributed by atoms with van der Waals surface area (Å²) in [5, 5.41) is 17.0. The van der Waals surface area contributed by atoms with Gasteiger partial charge in [0, 0.05) is 13.7 Å². The summed E-state index contributed by atoms with van der Waals surface area (Å²) in [4.78, 5) is 10.4. The average Bonchev–Trinajstić information content (AvgIpc) is 2.53. The predicted octanol–water partition coefficient (Wildman–Crippen LogP) is 0.410. The number of ether oxygens (including phenoxy) is 1. The quantitative estimate of drug-likeness (QED) is 0.714. The van der Waals surface area contributed by atoms with E-state index in [2.05, 4.69) is 10.2 Å². The minimum absolute atomic E-state index is 0.00881. The molecule has 1 heterocycles. The van der Waals surface area contributed by atoms with Crippen LogP contribution in [0.2, 0.25) is 0 Å². The highest BCUT2D eigenvalue weighted by Crippen LogP contribution is 2.16. The highest BCUT2D eigenvalue weighted by molar-refractivity contribution is 7.99. The zero-order valence-electron chi connectivity index (χ0n) is 8.63. The molecule has 7 heteroatoms.